The maximum Gasteiger partial charge on any atom is 0.378 e. The number of amides is 3. The molecule has 0 unspecified atom stereocenters. The Hall–Kier alpha value is -3.38. The van der Waals surface area contributed by atoms with Gasteiger partial charge in [0.15, 0.2) is 16.6 Å². The summed E-state index contributed by atoms with van der Waals surface area (Å²) in [6.07, 6.45) is -0.329. The van der Waals surface area contributed by atoms with Crippen molar-refractivity contribution in [1.82, 2.24) is 19.8 Å². The number of ketones is 1. The van der Waals surface area contributed by atoms with E-state index in [1.807, 2.05) is 0 Å². The van der Waals surface area contributed by atoms with Crippen LogP contribution in [-0.2, 0) is 33.4 Å². The number of carbonyl (C=O) groups is 5. The minimum Gasteiger partial charge on any atom is -0.541 e. The number of aromatic nitrogens is 1. The summed E-state index contributed by atoms with van der Waals surface area (Å²) in [7, 11) is 5.19. The van der Waals surface area contributed by atoms with Gasteiger partial charge in [-0.1, -0.05) is 16.9 Å². The minimum absolute atomic E-state index is 0.104. The molecule has 0 bridgehead atoms. The minimum atomic E-state index is -1.63. The largest absolute Gasteiger partial charge is 0.541 e. The Balaban J connectivity index is 1.55. The summed E-state index contributed by atoms with van der Waals surface area (Å²) in [5.41, 5.74) is 3.27. The number of hydrazine groups is 1. The molecule has 3 fully saturated rings. The number of fused-ring (bicyclic) bond motifs is 1. The Bertz CT molecular complexity index is 1310. The third kappa shape index (κ3) is 5.72. The van der Waals surface area contributed by atoms with Crippen LogP contribution in [0.25, 0.3) is 0 Å². The molecule has 4 N–H and O–H groups in total. The molecule has 1 aromatic heterocycles. The molecule has 18 heteroatoms. The van der Waals surface area contributed by atoms with Gasteiger partial charge in [-0.05, 0) is 34.6 Å². The van der Waals surface area contributed by atoms with Crippen LogP contribution in [0.15, 0.2) is 10.5 Å². The van der Waals surface area contributed by atoms with Gasteiger partial charge < -0.3 is 24.9 Å². The van der Waals surface area contributed by atoms with E-state index in [0.29, 0.717) is 0 Å². The second kappa shape index (κ2) is 10.8. The molecule has 41 heavy (non-hydrogen) atoms. The number of nitrogens with two attached hydrogens (primary N) is 2. The first-order valence-electron chi connectivity index (χ1n) is 12.5. The molecular formula is C23H30BN7O8S2. The maximum atomic E-state index is 13.5. The Labute approximate surface area is 245 Å². The number of thioether (sulfide) groups is 1. The number of anilines is 1. The maximum absolute atomic E-state index is 13.5. The van der Waals surface area contributed by atoms with Gasteiger partial charge in [0, 0.05) is 18.3 Å². The Morgan fingerprint density at radius 1 is 1.22 bits per heavy atom. The lowest BCUT2D eigenvalue weighted by molar-refractivity contribution is -0.179. The van der Waals surface area contributed by atoms with Gasteiger partial charge in [-0.3, -0.25) is 24.3 Å². The number of Topliss-reactive ketones (excluding diaryl/α,β-unsaturated/α-hetero) is 1. The molecule has 3 amide bonds. The Kier molecular flexibility index (Phi) is 8.05. The lowest BCUT2D eigenvalue weighted by Gasteiger charge is -2.40. The zero-order valence-electron chi connectivity index (χ0n) is 23.1. The fourth-order valence-corrected chi connectivity index (χ4v) is 6.73. The second-order valence-corrected chi connectivity index (χ2v) is 13.4. The van der Waals surface area contributed by atoms with Gasteiger partial charge in [0.1, 0.15) is 11.3 Å². The highest BCUT2D eigenvalue weighted by Crippen LogP contribution is 2.53. The van der Waals surface area contributed by atoms with Crippen molar-refractivity contribution in [2.24, 2.45) is 16.9 Å². The number of carbonyl (C=O) groups excluding carboxylic acids is 5. The van der Waals surface area contributed by atoms with Crippen molar-refractivity contribution in [2.45, 2.75) is 62.5 Å². The van der Waals surface area contributed by atoms with Crippen LogP contribution >= 0.6 is 23.1 Å². The molecule has 4 heterocycles. The summed E-state index contributed by atoms with van der Waals surface area (Å²) in [6.45, 7) is 8.06. The highest BCUT2D eigenvalue weighted by molar-refractivity contribution is 8.02. The van der Waals surface area contributed by atoms with Gasteiger partial charge in [0.2, 0.25) is 16.4 Å². The molecule has 220 valence electrons. The van der Waals surface area contributed by atoms with Crippen molar-refractivity contribution in [2.75, 3.05) is 25.4 Å². The zero-order valence-corrected chi connectivity index (χ0v) is 24.7. The van der Waals surface area contributed by atoms with E-state index < -0.39 is 57.0 Å². The number of hydrogen-bond donors (Lipinski definition) is 2. The fraction of sp³-hybridized carbons (Fsp3) is 0.609. The molecule has 3 atom stereocenters. The number of nitrogens with zero attached hydrogens (tertiary/aromatic N) is 5. The molecule has 0 aliphatic carbocycles. The normalized spacial score (nSPS) is 24.7. The fourth-order valence-electron chi connectivity index (χ4n) is 4.45. The molecule has 3 saturated heterocycles. The van der Waals surface area contributed by atoms with E-state index >= 15 is 0 Å². The first-order chi connectivity index (χ1) is 19.0. The predicted molar refractivity (Wildman–Crippen MR) is 148 cm³/mol. The third-order valence-corrected chi connectivity index (χ3v) is 8.95. The highest BCUT2D eigenvalue weighted by atomic mass is 32.2. The van der Waals surface area contributed by atoms with Crippen LogP contribution in [0.1, 0.15) is 46.7 Å². The van der Waals surface area contributed by atoms with E-state index in [1.54, 1.807) is 20.8 Å². The first kappa shape index (κ1) is 30.6. The van der Waals surface area contributed by atoms with Crippen LogP contribution < -0.4 is 11.6 Å². The van der Waals surface area contributed by atoms with Crippen LogP contribution in [-0.4, -0.2) is 104 Å². The van der Waals surface area contributed by atoms with E-state index in [2.05, 4.69) is 14.8 Å². The van der Waals surface area contributed by atoms with Crippen molar-refractivity contribution >= 4 is 71.7 Å². The molecule has 2 radical (unpaired) electrons. The average Bonchev–Trinajstić information content (AvgIpc) is 3.57. The van der Waals surface area contributed by atoms with E-state index in [4.69, 9.17) is 29.2 Å². The molecule has 3 aliphatic rings. The SMILES string of the molecule is [B]OC(=O)[C@@]1(N2CCN(N)C2=O)CN2C(=O)[C@@H](CC(=O)/C(=N\OC(C)(C)C(=O)OC(C)(C)C)c3csc(N)n3)[C@H]2S1. The van der Waals surface area contributed by atoms with Crippen molar-refractivity contribution in [3.05, 3.63) is 11.1 Å². The highest BCUT2D eigenvalue weighted by Gasteiger charge is 2.66. The number of thiazole rings is 1. The van der Waals surface area contributed by atoms with Crippen molar-refractivity contribution in [3.63, 3.8) is 0 Å². The second-order valence-electron chi connectivity index (χ2n) is 11.1. The first-order valence-corrected chi connectivity index (χ1v) is 14.2. The number of hydrogen-bond acceptors (Lipinski definition) is 14. The molecule has 1 aromatic rings. The lowest BCUT2D eigenvalue weighted by atomic mass is 9.90. The quantitative estimate of drug-likeness (QED) is 0.0725. The van der Waals surface area contributed by atoms with Gasteiger partial charge >= 0.3 is 26.0 Å². The van der Waals surface area contributed by atoms with E-state index in [9.17, 15) is 24.0 Å². The summed E-state index contributed by atoms with van der Waals surface area (Å²) >= 11 is 2.06. The summed E-state index contributed by atoms with van der Waals surface area (Å²) < 4.78 is 9.88. The number of nitrogen functional groups attached to an aromatic ring is 1. The van der Waals surface area contributed by atoms with Crippen LogP contribution in [0.4, 0.5) is 9.93 Å². The lowest BCUT2D eigenvalue weighted by Crippen LogP contribution is -2.60. The third-order valence-electron chi connectivity index (χ3n) is 6.54. The number of esters is 1. The molecule has 4 rings (SSSR count). The number of oxime groups is 1. The van der Waals surface area contributed by atoms with E-state index in [1.165, 1.54) is 29.0 Å². The molecule has 15 nitrogen and oxygen atoms in total. The number of β-lactam (4-membered cyclic amide) rings is 1. The van der Waals surface area contributed by atoms with Crippen LogP contribution in [0, 0.1) is 5.92 Å². The van der Waals surface area contributed by atoms with E-state index in [0.717, 1.165) is 28.1 Å². The summed E-state index contributed by atoms with van der Waals surface area (Å²) in [4.78, 5) is 75.3. The summed E-state index contributed by atoms with van der Waals surface area (Å²) in [5.74, 6) is 2.18. The predicted octanol–water partition coefficient (Wildman–Crippen LogP) is -0.00890. The number of rotatable bonds is 9. The molecule has 0 saturated carbocycles. The topological polar surface area (TPSA) is 200 Å². The zero-order chi connectivity index (χ0) is 30.5. The summed E-state index contributed by atoms with van der Waals surface area (Å²) in [5, 5.41) is 5.93. The van der Waals surface area contributed by atoms with Crippen LogP contribution in [0.2, 0.25) is 0 Å². The van der Waals surface area contributed by atoms with E-state index in [-0.39, 0.29) is 42.6 Å². The van der Waals surface area contributed by atoms with Gasteiger partial charge in [-0.15, -0.1) is 11.3 Å². The van der Waals surface area contributed by atoms with Crippen LogP contribution in [0.3, 0.4) is 0 Å². The summed E-state index contributed by atoms with van der Waals surface area (Å²) in [6, 6.07) is -0.620. The van der Waals surface area contributed by atoms with Gasteiger partial charge in [0.25, 0.3) is 0 Å². The van der Waals surface area contributed by atoms with Gasteiger partial charge in [-0.25, -0.2) is 20.4 Å². The van der Waals surface area contributed by atoms with Gasteiger partial charge in [-0.2, -0.15) is 0 Å². The number of ether oxygens (including phenoxy) is 1. The van der Waals surface area contributed by atoms with Crippen molar-refractivity contribution in [1.29, 1.82) is 0 Å². The molecular weight excluding hydrogens is 577 g/mol. The Morgan fingerprint density at radius 3 is 2.44 bits per heavy atom. The molecule has 0 aromatic carbocycles. The van der Waals surface area contributed by atoms with Gasteiger partial charge in [0.05, 0.1) is 24.4 Å². The smallest absolute Gasteiger partial charge is 0.378 e. The monoisotopic (exact) mass is 607 g/mol. The Morgan fingerprint density at radius 2 is 1.90 bits per heavy atom. The van der Waals surface area contributed by atoms with Crippen molar-refractivity contribution < 1.29 is 38.2 Å². The van der Waals surface area contributed by atoms with Crippen molar-refractivity contribution in [3.8, 4) is 0 Å². The molecule has 0 spiro atoms. The van der Waals surface area contributed by atoms with Crippen LogP contribution in [0.5, 0.6) is 0 Å². The number of urea groups is 1. The molecule has 3 aliphatic heterocycles. The standard InChI is InChI=1S/C23H30BN7O8S2/c1-21(2,3)37-17(34)22(4,5)39-28-14(12-9-40-19(25)27-12)13(32)8-11-15(33)29-10-23(18(35)38-24,41-16(11)29)30-6-7-31(26)20(30)36/h9,11,16H,6-8,10,26H2,1-5H3,(H2,25,27)/b28-14-/t11-,16-,23-/m1/s1. The average molecular weight is 607 g/mol.